The summed E-state index contributed by atoms with van der Waals surface area (Å²) in [4.78, 5) is 0. The van der Waals surface area contributed by atoms with Crippen molar-refractivity contribution in [3.8, 4) is 0 Å². The number of hydrogen-bond donors (Lipinski definition) is 1. The lowest BCUT2D eigenvalue weighted by molar-refractivity contribution is 0.488. The van der Waals surface area contributed by atoms with Gasteiger partial charge in [0, 0.05) is 36.7 Å². The van der Waals surface area contributed by atoms with Crippen LogP contribution in [0.15, 0.2) is 12.4 Å². The Labute approximate surface area is 94.0 Å². The third-order valence-corrected chi connectivity index (χ3v) is 2.76. The monoisotopic (exact) mass is 259 g/mol. The molecule has 1 unspecified atom stereocenters. The predicted molar refractivity (Wildman–Crippen MR) is 62.5 cm³/mol. The summed E-state index contributed by atoms with van der Waals surface area (Å²) in [5.74, 6) is 0. The van der Waals surface area contributed by atoms with Gasteiger partial charge in [-0.3, -0.25) is 4.68 Å². The van der Waals surface area contributed by atoms with Gasteiger partial charge < -0.3 is 5.32 Å². The van der Waals surface area contributed by atoms with Crippen LogP contribution in [0.25, 0.3) is 0 Å². The van der Waals surface area contributed by atoms with Gasteiger partial charge in [-0.05, 0) is 12.8 Å². The zero-order valence-corrected chi connectivity index (χ0v) is 10.4. The molecule has 0 aliphatic rings. The number of nitrogens with zero attached hydrogens (tertiary/aromatic N) is 2. The first-order valence-electron chi connectivity index (χ1n) is 5.03. The van der Waals surface area contributed by atoms with Crippen molar-refractivity contribution in [1.82, 2.24) is 15.1 Å². The Morgan fingerprint density at radius 2 is 2.43 bits per heavy atom. The molecule has 1 aromatic rings. The summed E-state index contributed by atoms with van der Waals surface area (Å²) in [6, 6.07) is 0.606. The number of aromatic nitrogens is 2. The highest BCUT2D eigenvalue weighted by atomic mass is 79.9. The second-order valence-corrected chi connectivity index (χ2v) is 4.28. The van der Waals surface area contributed by atoms with Gasteiger partial charge in [0.15, 0.2) is 0 Å². The van der Waals surface area contributed by atoms with Crippen LogP contribution in [0.3, 0.4) is 0 Å². The molecule has 0 aliphatic heterocycles. The number of aryl methyl sites for hydroxylation is 1. The highest BCUT2D eigenvalue weighted by Crippen LogP contribution is 2.03. The minimum atomic E-state index is 0.606. The molecule has 0 bridgehead atoms. The molecule has 1 atom stereocenters. The minimum Gasteiger partial charge on any atom is -0.310 e. The lowest BCUT2D eigenvalue weighted by Gasteiger charge is -2.14. The maximum Gasteiger partial charge on any atom is 0.0534 e. The van der Waals surface area contributed by atoms with E-state index in [0.29, 0.717) is 6.04 Å². The van der Waals surface area contributed by atoms with Crippen LogP contribution < -0.4 is 5.32 Å². The van der Waals surface area contributed by atoms with E-state index < -0.39 is 0 Å². The molecule has 0 radical (unpaired) electrons. The first-order valence-corrected chi connectivity index (χ1v) is 6.15. The maximum absolute atomic E-state index is 4.13. The average Bonchev–Trinajstić information content (AvgIpc) is 2.59. The first kappa shape index (κ1) is 11.7. The van der Waals surface area contributed by atoms with Crippen molar-refractivity contribution < 1.29 is 0 Å². The van der Waals surface area contributed by atoms with Gasteiger partial charge in [-0.2, -0.15) is 5.10 Å². The van der Waals surface area contributed by atoms with Gasteiger partial charge in [0.1, 0.15) is 0 Å². The van der Waals surface area contributed by atoms with Crippen molar-refractivity contribution in [2.24, 2.45) is 7.05 Å². The molecule has 0 aromatic carbocycles. The largest absolute Gasteiger partial charge is 0.310 e. The minimum absolute atomic E-state index is 0.606. The predicted octanol–water partition coefficient (Wildman–Crippen LogP) is 2.07. The highest BCUT2D eigenvalue weighted by molar-refractivity contribution is 9.09. The van der Waals surface area contributed by atoms with E-state index in [2.05, 4.69) is 33.3 Å². The first-order chi connectivity index (χ1) is 6.76. The Balaban J connectivity index is 2.31. The van der Waals surface area contributed by atoms with Crippen LogP contribution in [0.5, 0.6) is 0 Å². The van der Waals surface area contributed by atoms with Crippen LogP contribution in [0.4, 0.5) is 0 Å². The molecule has 0 saturated carbocycles. The van der Waals surface area contributed by atoms with Crippen LogP contribution >= 0.6 is 15.9 Å². The van der Waals surface area contributed by atoms with Gasteiger partial charge in [-0.1, -0.05) is 22.9 Å². The van der Waals surface area contributed by atoms with Gasteiger partial charge in [0.2, 0.25) is 0 Å². The highest BCUT2D eigenvalue weighted by Gasteiger charge is 2.04. The summed E-state index contributed by atoms with van der Waals surface area (Å²) in [5.41, 5.74) is 1.25. The normalized spacial score (nSPS) is 13.1. The molecule has 0 aliphatic carbocycles. The zero-order chi connectivity index (χ0) is 10.4. The molecular formula is C10H18BrN3. The van der Waals surface area contributed by atoms with Gasteiger partial charge in [-0.25, -0.2) is 0 Å². The Kier molecular flexibility index (Phi) is 5.19. The molecular weight excluding hydrogens is 242 g/mol. The number of hydrogen-bond acceptors (Lipinski definition) is 2. The van der Waals surface area contributed by atoms with Crippen molar-refractivity contribution >= 4 is 15.9 Å². The molecule has 1 rings (SSSR count). The van der Waals surface area contributed by atoms with E-state index in [4.69, 9.17) is 0 Å². The maximum atomic E-state index is 4.13. The summed E-state index contributed by atoms with van der Waals surface area (Å²) < 4.78 is 1.84. The van der Waals surface area contributed by atoms with E-state index >= 15 is 0 Å². The van der Waals surface area contributed by atoms with E-state index in [1.165, 1.54) is 18.4 Å². The van der Waals surface area contributed by atoms with E-state index in [1.54, 1.807) is 0 Å². The molecule has 1 heterocycles. The van der Waals surface area contributed by atoms with Crippen LogP contribution in [0, 0.1) is 0 Å². The molecule has 0 spiro atoms. The van der Waals surface area contributed by atoms with Crippen LogP contribution in [-0.2, 0) is 13.6 Å². The molecule has 1 aromatic heterocycles. The van der Waals surface area contributed by atoms with Crippen molar-refractivity contribution in [3.63, 3.8) is 0 Å². The molecule has 14 heavy (non-hydrogen) atoms. The third-order valence-electron chi connectivity index (χ3n) is 2.30. The van der Waals surface area contributed by atoms with Gasteiger partial charge in [-0.15, -0.1) is 0 Å². The molecule has 80 valence electrons. The quantitative estimate of drug-likeness (QED) is 0.793. The molecule has 1 N–H and O–H groups in total. The second-order valence-electron chi connectivity index (χ2n) is 3.49. The van der Waals surface area contributed by atoms with Crippen molar-refractivity contribution in [2.45, 2.75) is 32.4 Å². The average molecular weight is 260 g/mol. The number of halogens is 1. The molecule has 4 heteroatoms. The number of alkyl halides is 1. The summed E-state index contributed by atoms with van der Waals surface area (Å²) in [5, 5.41) is 8.71. The smallest absolute Gasteiger partial charge is 0.0534 e. The van der Waals surface area contributed by atoms with E-state index in [9.17, 15) is 0 Å². The summed E-state index contributed by atoms with van der Waals surface area (Å²) >= 11 is 3.46. The molecule has 3 nitrogen and oxygen atoms in total. The standard InChI is InChI=1S/C10H18BrN3/c1-3-10(4-5-11)12-6-9-7-13-14(2)8-9/h7-8,10,12H,3-6H2,1-2H3. The summed E-state index contributed by atoms with van der Waals surface area (Å²) in [6.45, 7) is 3.13. The zero-order valence-electron chi connectivity index (χ0n) is 8.83. The molecule has 0 amide bonds. The Bertz CT molecular complexity index is 260. The van der Waals surface area contributed by atoms with Gasteiger partial charge in [0.05, 0.1) is 6.20 Å². The summed E-state index contributed by atoms with van der Waals surface area (Å²) in [6.07, 6.45) is 6.31. The molecule has 0 saturated heterocycles. The Hall–Kier alpha value is -0.350. The fourth-order valence-corrected chi connectivity index (χ4v) is 1.96. The van der Waals surface area contributed by atoms with Crippen molar-refractivity contribution in [2.75, 3.05) is 5.33 Å². The topological polar surface area (TPSA) is 29.9 Å². The second kappa shape index (κ2) is 6.19. The lowest BCUT2D eigenvalue weighted by atomic mass is 10.1. The fourth-order valence-electron chi connectivity index (χ4n) is 1.41. The van der Waals surface area contributed by atoms with E-state index in [-0.39, 0.29) is 0 Å². The van der Waals surface area contributed by atoms with Crippen LogP contribution in [-0.4, -0.2) is 21.2 Å². The number of nitrogens with one attached hydrogen (secondary N) is 1. The van der Waals surface area contributed by atoms with E-state index in [0.717, 1.165) is 11.9 Å². The Morgan fingerprint density at radius 1 is 1.64 bits per heavy atom. The fraction of sp³-hybridized carbons (Fsp3) is 0.700. The lowest BCUT2D eigenvalue weighted by Crippen LogP contribution is -2.28. The van der Waals surface area contributed by atoms with Gasteiger partial charge >= 0.3 is 0 Å². The number of rotatable bonds is 6. The van der Waals surface area contributed by atoms with Crippen LogP contribution in [0.2, 0.25) is 0 Å². The van der Waals surface area contributed by atoms with Crippen LogP contribution in [0.1, 0.15) is 25.3 Å². The third kappa shape index (κ3) is 3.80. The van der Waals surface area contributed by atoms with Gasteiger partial charge in [0.25, 0.3) is 0 Å². The van der Waals surface area contributed by atoms with Crippen molar-refractivity contribution in [1.29, 1.82) is 0 Å². The Morgan fingerprint density at radius 3 is 2.93 bits per heavy atom. The van der Waals surface area contributed by atoms with Crippen molar-refractivity contribution in [3.05, 3.63) is 18.0 Å². The summed E-state index contributed by atoms with van der Waals surface area (Å²) in [7, 11) is 1.94. The molecule has 0 fully saturated rings. The SMILES string of the molecule is CCC(CCBr)NCc1cnn(C)c1. The van der Waals surface area contributed by atoms with E-state index in [1.807, 2.05) is 24.1 Å².